The molecule has 0 spiro atoms. The molecule has 35 heavy (non-hydrogen) atoms. The number of anilines is 1. The van der Waals surface area contributed by atoms with Gasteiger partial charge in [0.15, 0.2) is 23.8 Å². The van der Waals surface area contributed by atoms with Crippen LogP contribution in [0.1, 0.15) is 22.1 Å². The Morgan fingerprint density at radius 1 is 1.09 bits per heavy atom. The number of hydrogen-bond donors (Lipinski definition) is 1. The first-order valence-corrected chi connectivity index (χ1v) is 10.5. The number of benzene rings is 1. The van der Waals surface area contributed by atoms with E-state index >= 15 is 0 Å². The van der Waals surface area contributed by atoms with Crippen LogP contribution < -0.4 is 10.1 Å². The van der Waals surface area contributed by atoms with Gasteiger partial charge in [-0.1, -0.05) is 0 Å². The van der Waals surface area contributed by atoms with E-state index in [1.54, 1.807) is 64.8 Å². The van der Waals surface area contributed by atoms with Crippen molar-refractivity contribution in [2.75, 3.05) is 19.5 Å². The van der Waals surface area contributed by atoms with Gasteiger partial charge in [-0.05, 0) is 31.2 Å². The van der Waals surface area contributed by atoms with Gasteiger partial charge in [-0.15, -0.1) is 5.10 Å². The largest absolute Gasteiger partial charge is 0.481 e. The molecule has 0 aliphatic heterocycles. The summed E-state index contributed by atoms with van der Waals surface area (Å²) in [5.41, 5.74) is 3.42. The second kappa shape index (κ2) is 10.1. The Morgan fingerprint density at radius 2 is 1.89 bits per heavy atom. The minimum absolute atomic E-state index is 0.275. The number of halogens is 1. The van der Waals surface area contributed by atoms with Crippen molar-refractivity contribution in [3.8, 4) is 28.4 Å². The van der Waals surface area contributed by atoms with Gasteiger partial charge in [0.1, 0.15) is 5.82 Å². The lowest BCUT2D eigenvalue weighted by Crippen LogP contribution is -1.94. The van der Waals surface area contributed by atoms with Gasteiger partial charge in [0.05, 0.1) is 18.4 Å². The summed E-state index contributed by atoms with van der Waals surface area (Å²) in [4.78, 5) is 26.8. The highest BCUT2D eigenvalue weighted by Crippen LogP contribution is 2.25. The number of fused-ring (bicyclic) bond motifs is 1. The fourth-order valence-corrected chi connectivity index (χ4v) is 3.23. The Morgan fingerprint density at radius 3 is 2.49 bits per heavy atom. The topological polar surface area (TPSA) is 120 Å². The van der Waals surface area contributed by atoms with Crippen LogP contribution >= 0.6 is 0 Å². The van der Waals surface area contributed by atoms with Crippen molar-refractivity contribution in [2.24, 2.45) is 0 Å². The summed E-state index contributed by atoms with van der Waals surface area (Å²) < 4.78 is 25.7. The van der Waals surface area contributed by atoms with E-state index in [0.29, 0.717) is 40.9 Å². The molecular formula is C24H22FN7O3. The molecule has 1 aromatic carbocycles. The molecule has 178 valence electrons. The number of aryl methyl sites for hydroxylation is 2. The van der Waals surface area contributed by atoms with Gasteiger partial charge >= 0.3 is 0 Å². The molecule has 0 saturated carbocycles. The second-order valence-electron chi connectivity index (χ2n) is 7.36. The number of nitrogens with one attached hydrogen (secondary N) is 1. The number of oxazole rings is 1. The highest BCUT2D eigenvalue weighted by molar-refractivity contribution is 5.71. The van der Waals surface area contributed by atoms with Gasteiger partial charge in [-0.3, -0.25) is 4.79 Å². The molecule has 1 N–H and O–H groups in total. The molecule has 10 nitrogen and oxygen atoms in total. The molecule has 0 aliphatic carbocycles. The summed E-state index contributed by atoms with van der Waals surface area (Å²) in [6.07, 6.45) is 5.81. The minimum atomic E-state index is -0.389. The molecule has 4 aromatic heterocycles. The number of aldehydes is 1. The number of methoxy groups -OCH3 is 1. The number of aromatic nitrogens is 6. The minimum Gasteiger partial charge on any atom is -0.481 e. The third kappa shape index (κ3) is 5.13. The first kappa shape index (κ1) is 23.5. The summed E-state index contributed by atoms with van der Waals surface area (Å²) in [5, 5.41) is 7.35. The maximum Gasteiger partial charge on any atom is 0.252 e. The summed E-state index contributed by atoms with van der Waals surface area (Å²) >= 11 is 0. The van der Waals surface area contributed by atoms with Gasteiger partial charge in [0.2, 0.25) is 5.88 Å². The third-order valence-electron chi connectivity index (χ3n) is 5.01. The zero-order valence-corrected chi connectivity index (χ0v) is 19.5. The van der Waals surface area contributed by atoms with E-state index in [-0.39, 0.29) is 11.6 Å². The van der Waals surface area contributed by atoms with Gasteiger partial charge in [-0.25, -0.2) is 23.9 Å². The van der Waals surface area contributed by atoms with Crippen LogP contribution in [0.2, 0.25) is 0 Å². The van der Waals surface area contributed by atoms with E-state index in [1.807, 2.05) is 6.07 Å². The first-order chi connectivity index (χ1) is 16.9. The fraction of sp³-hybridized carbons (Fsp3) is 0.167. The Labute approximate surface area is 199 Å². The molecule has 0 radical (unpaired) electrons. The quantitative estimate of drug-likeness (QED) is 0.374. The summed E-state index contributed by atoms with van der Waals surface area (Å²) in [6, 6.07) is 8.35. The lowest BCUT2D eigenvalue weighted by atomic mass is 10.1. The van der Waals surface area contributed by atoms with Crippen molar-refractivity contribution >= 4 is 17.8 Å². The molecule has 0 atom stereocenters. The molecule has 5 rings (SSSR count). The normalized spacial score (nSPS) is 10.5. The SMILES string of the molecule is CNc1ccc(F)c(-c2nc3ncc(-c4ccc(OC)nc4)cn3n2)c1.Cc1nc(C)c(C=O)o1. The van der Waals surface area contributed by atoms with Crippen LogP contribution in [0.25, 0.3) is 28.3 Å². The van der Waals surface area contributed by atoms with E-state index < -0.39 is 0 Å². The smallest absolute Gasteiger partial charge is 0.252 e. The average molecular weight is 475 g/mol. The predicted octanol–water partition coefficient (Wildman–Crippen LogP) is 4.15. The van der Waals surface area contributed by atoms with E-state index in [4.69, 9.17) is 9.15 Å². The van der Waals surface area contributed by atoms with Gasteiger partial charge in [0.25, 0.3) is 5.78 Å². The number of carbonyl (C=O) groups excluding carboxylic acids is 1. The third-order valence-corrected chi connectivity index (χ3v) is 5.01. The van der Waals surface area contributed by atoms with E-state index in [9.17, 15) is 9.18 Å². The number of pyridine rings is 1. The Hall–Kier alpha value is -4.67. The van der Waals surface area contributed by atoms with E-state index in [2.05, 4.69) is 30.4 Å². The number of ether oxygens (including phenoxy) is 1. The van der Waals surface area contributed by atoms with Crippen molar-refractivity contribution in [3.63, 3.8) is 0 Å². The molecular weight excluding hydrogens is 453 g/mol. The lowest BCUT2D eigenvalue weighted by Gasteiger charge is -2.03. The second-order valence-corrected chi connectivity index (χ2v) is 7.36. The van der Waals surface area contributed by atoms with Crippen molar-refractivity contribution < 1.29 is 18.3 Å². The standard InChI is InChI=1S/C18H15FN6O.C6H7NO2/c1-20-13-4-5-15(19)14(7-13)17-23-18-22-9-12(10-25(18)24-17)11-3-6-16(26-2)21-8-11;1-4-6(3-8)9-5(2)7-4/h3-10,20H,1-2H3;3H,1-2H3. The zero-order chi connectivity index (χ0) is 24.9. The van der Waals surface area contributed by atoms with Gasteiger partial charge < -0.3 is 14.5 Å². The number of hydrogen-bond acceptors (Lipinski definition) is 9. The molecule has 0 saturated heterocycles. The van der Waals surface area contributed by atoms with Crippen LogP contribution in [0, 0.1) is 19.7 Å². The highest BCUT2D eigenvalue weighted by atomic mass is 19.1. The Kier molecular flexibility index (Phi) is 6.76. The maximum atomic E-state index is 14.2. The van der Waals surface area contributed by atoms with Crippen LogP contribution in [-0.4, -0.2) is 50.0 Å². The molecule has 4 heterocycles. The highest BCUT2D eigenvalue weighted by Gasteiger charge is 2.13. The Balaban J connectivity index is 0.000000271. The number of rotatable bonds is 5. The molecule has 0 fully saturated rings. The van der Waals surface area contributed by atoms with Crippen LogP contribution in [0.15, 0.2) is 53.3 Å². The monoisotopic (exact) mass is 475 g/mol. The van der Waals surface area contributed by atoms with Gasteiger partial charge in [-0.2, -0.15) is 4.98 Å². The molecule has 0 unspecified atom stereocenters. The number of carbonyl (C=O) groups is 1. The zero-order valence-electron chi connectivity index (χ0n) is 19.5. The average Bonchev–Trinajstić information content (AvgIpc) is 3.45. The summed E-state index contributed by atoms with van der Waals surface area (Å²) in [5.74, 6) is 1.67. The van der Waals surface area contributed by atoms with E-state index in [0.717, 1.165) is 16.8 Å². The predicted molar refractivity (Wildman–Crippen MR) is 127 cm³/mol. The van der Waals surface area contributed by atoms with Crippen molar-refractivity contribution in [3.05, 3.63) is 72.1 Å². The van der Waals surface area contributed by atoms with Crippen LogP contribution in [0.4, 0.5) is 10.1 Å². The van der Waals surface area contributed by atoms with Crippen molar-refractivity contribution in [1.82, 2.24) is 29.5 Å². The molecule has 0 aliphatic rings. The Bertz CT molecular complexity index is 1480. The van der Waals surface area contributed by atoms with Gasteiger partial charge in [0, 0.05) is 55.4 Å². The van der Waals surface area contributed by atoms with Crippen LogP contribution in [0.3, 0.4) is 0 Å². The maximum absolute atomic E-state index is 14.2. The molecule has 5 aromatic rings. The van der Waals surface area contributed by atoms with Crippen molar-refractivity contribution in [2.45, 2.75) is 13.8 Å². The van der Waals surface area contributed by atoms with Crippen molar-refractivity contribution in [1.29, 1.82) is 0 Å². The lowest BCUT2D eigenvalue weighted by molar-refractivity contribution is 0.109. The fourth-order valence-electron chi connectivity index (χ4n) is 3.23. The molecule has 11 heteroatoms. The number of nitrogens with zero attached hydrogens (tertiary/aromatic N) is 6. The molecule has 0 bridgehead atoms. The summed E-state index contributed by atoms with van der Waals surface area (Å²) in [7, 11) is 3.33. The van der Waals surface area contributed by atoms with Crippen LogP contribution in [0.5, 0.6) is 5.88 Å². The molecule has 0 amide bonds. The van der Waals surface area contributed by atoms with E-state index in [1.165, 1.54) is 10.6 Å². The van der Waals surface area contributed by atoms with Crippen LogP contribution in [-0.2, 0) is 0 Å². The first-order valence-electron chi connectivity index (χ1n) is 10.5. The summed E-state index contributed by atoms with van der Waals surface area (Å²) in [6.45, 7) is 3.44.